The number of benzene rings is 4. The zero-order valence-electron chi connectivity index (χ0n) is 13.6. The SMILES string of the molecule is C.CCCC.CO.c1cc2ccc3cccc4ccc(c1)c2c34. The summed E-state index contributed by atoms with van der Waals surface area (Å²) in [6.45, 7) is 4.36. The minimum Gasteiger partial charge on any atom is -0.400 e. The predicted octanol–water partition coefficient (Wildman–Crippen LogP) is 6.64. The van der Waals surface area contributed by atoms with Crippen molar-refractivity contribution < 1.29 is 5.11 Å². The van der Waals surface area contributed by atoms with Crippen LogP contribution < -0.4 is 0 Å². The monoisotopic (exact) mass is 308 g/mol. The molecule has 4 rings (SSSR count). The highest BCUT2D eigenvalue weighted by molar-refractivity contribution is 6.22. The minimum atomic E-state index is 0. The molecule has 0 aliphatic rings. The van der Waals surface area contributed by atoms with Crippen LogP contribution in [0.3, 0.4) is 0 Å². The summed E-state index contributed by atoms with van der Waals surface area (Å²) in [5, 5.41) is 15.1. The van der Waals surface area contributed by atoms with E-state index in [0.717, 1.165) is 7.11 Å². The smallest absolute Gasteiger partial charge is 0.0319 e. The summed E-state index contributed by atoms with van der Waals surface area (Å²) >= 11 is 0. The maximum Gasteiger partial charge on any atom is 0.0319 e. The van der Waals surface area contributed by atoms with E-state index in [2.05, 4.69) is 74.5 Å². The molecule has 0 saturated carbocycles. The maximum absolute atomic E-state index is 7.00. The first-order valence-corrected chi connectivity index (χ1v) is 7.92. The van der Waals surface area contributed by atoms with Gasteiger partial charge in [0.1, 0.15) is 0 Å². The lowest BCUT2D eigenvalue weighted by molar-refractivity contribution is 0.399. The predicted molar refractivity (Wildman–Crippen MR) is 106 cm³/mol. The fraction of sp³-hybridized carbons (Fsp3) is 0.273. The normalized spacial score (nSPS) is 9.74. The van der Waals surface area contributed by atoms with E-state index in [-0.39, 0.29) is 7.43 Å². The third kappa shape index (κ3) is 3.80. The second-order valence-electron chi connectivity index (χ2n) is 5.29. The molecule has 0 saturated heterocycles. The van der Waals surface area contributed by atoms with Gasteiger partial charge in [-0.2, -0.15) is 0 Å². The first-order valence-electron chi connectivity index (χ1n) is 7.92. The molecule has 0 aliphatic carbocycles. The van der Waals surface area contributed by atoms with Gasteiger partial charge in [-0.15, -0.1) is 0 Å². The van der Waals surface area contributed by atoms with Crippen molar-refractivity contribution in [3.63, 3.8) is 0 Å². The maximum atomic E-state index is 7.00. The molecular formula is C22H28O. The highest BCUT2D eigenvalue weighted by Crippen LogP contribution is 2.33. The van der Waals surface area contributed by atoms with Gasteiger partial charge < -0.3 is 5.11 Å². The van der Waals surface area contributed by atoms with Crippen LogP contribution in [-0.2, 0) is 0 Å². The molecule has 0 radical (unpaired) electrons. The Bertz CT molecular complexity index is 701. The Hall–Kier alpha value is -2.12. The topological polar surface area (TPSA) is 20.2 Å². The third-order valence-electron chi connectivity index (χ3n) is 3.89. The standard InChI is InChI=1S/C16H10.C4H10.CH4O.CH4/c1-3-11-7-9-13-5-2-6-14-10-8-12(4-1)15(11)16(13)14;1-3-4-2;1-2;/h1-10H;3-4H2,1-2H3;2H,1H3;1H4. The van der Waals surface area contributed by atoms with Crippen LogP contribution in [0.5, 0.6) is 0 Å². The van der Waals surface area contributed by atoms with Crippen molar-refractivity contribution in [1.29, 1.82) is 0 Å². The second-order valence-corrected chi connectivity index (χ2v) is 5.29. The van der Waals surface area contributed by atoms with Gasteiger partial charge in [0.05, 0.1) is 0 Å². The molecule has 0 aliphatic heterocycles. The molecule has 1 heteroatoms. The fourth-order valence-corrected chi connectivity index (χ4v) is 2.67. The van der Waals surface area contributed by atoms with Gasteiger partial charge in [-0.05, 0) is 32.3 Å². The molecule has 4 aromatic rings. The van der Waals surface area contributed by atoms with Crippen molar-refractivity contribution in [2.45, 2.75) is 34.1 Å². The summed E-state index contributed by atoms with van der Waals surface area (Å²) in [5.41, 5.74) is 0. The summed E-state index contributed by atoms with van der Waals surface area (Å²) in [5.74, 6) is 0. The quantitative estimate of drug-likeness (QED) is 0.391. The van der Waals surface area contributed by atoms with Gasteiger partial charge in [0.15, 0.2) is 0 Å². The van der Waals surface area contributed by atoms with E-state index in [0.29, 0.717) is 0 Å². The van der Waals surface area contributed by atoms with Crippen LogP contribution in [-0.4, -0.2) is 12.2 Å². The van der Waals surface area contributed by atoms with E-state index < -0.39 is 0 Å². The van der Waals surface area contributed by atoms with Gasteiger partial charge in [-0.3, -0.25) is 0 Å². The molecular weight excluding hydrogens is 280 g/mol. The fourth-order valence-electron chi connectivity index (χ4n) is 2.67. The largest absolute Gasteiger partial charge is 0.400 e. The Morgan fingerprint density at radius 2 is 0.826 bits per heavy atom. The minimum absolute atomic E-state index is 0. The summed E-state index contributed by atoms with van der Waals surface area (Å²) in [6.07, 6.45) is 2.64. The number of hydrogen-bond donors (Lipinski definition) is 1. The van der Waals surface area contributed by atoms with Crippen LogP contribution in [0.25, 0.3) is 32.3 Å². The van der Waals surface area contributed by atoms with E-state index in [9.17, 15) is 0 Å². The molecule has 0 spiro atoms. The Balaban J connectivity index is 0.000000336. The summed E-state index contributed by atoms with van der Waals surface area (Å²) in [6, 6.07) is 21.9. The first kappa shape index (κ1) is 18.9. The third-order valence-corrected chi connectivity index (χ3v) is 3.89. The van der Waals surface area contributed by atoms with Gasteiger partial charge in [0.25, 0.3) is 0 Å². The first-order chi connectivity index (χ1) is 10.8. The van der Waals surface area contributed by atoms with Gasteiger partial charge in [0.2, 0.25) is 0 Å². The summed E-state index contributed by atoms with van der Waals surface area (Å²) in [4.78, 5) is 0. The zero-order valence-corrected chi connectivity index (χ0v) is 13.6. The lowest BCUT2D eigenvalue weighted by atomic mass is 9.95. The Kier molecular flexibility index (Phi) is 7.50. The van der Waals surface area contributed by atoms with Crippen LogP contribution in [0.15, 0.2) is 60.7 Å². The summed E-state index contributed by atoms with van der Waals surface area (Å²) < 4.78 is 0. The zero-order chi connectivity index (χ0) is 15.9. The van der Waals surface area contributed by atoms with E-state index >= 15 is 0 Å². The highest BCUT2D eigenvalue weighted by atomic mass is 16.2. The molecule has 0 fully saturated rings. The molecule has 0 bridgehead atoms. The molecule has 0 amide bonds. The lowest BCUT2D eigenvalue weighted by Gasteiger charge is -2.09. The van der Waals surface area contributed by atoms with Crippen molar-refractivity contribution in [2.75, 3.05) is 7.11 Å². The van der Waals surface area contributed by atoms with Gasteiger partial charge in [-0.1, -0.05) is 94.8 Å². The number of rotatable bonds is 1. The Labute approximate surface area is 139 Å². The van der Waals surface area contributed by atoms with Crippen molar-refractivity contribution in [3.8, 4) is 0 Å². The number of aliphatic hydroxyl groups is 1. The van der Waals surface area contributed by atoms with Crippen molar-refractivity contribution in [1.82, 2.24) is 0 Å². The number of hydrogen-bond acceptors (Lipinski definition) is 1. The van der Waals surface area contributed by atoms with Crippen LogP contribution in [0.4, 0.5) is 0 Å². The van der Waals surface area contributed by atoms with Gasteiger partial charge in [0, 0.05) is 7.11 Å². The molecule has 4 aromatic carbocycles. The molecule has 1 N–H and O–H groups in total. The molecule has 122 valence electrons. The van der Waals surface area contributed by atoms with Crippen molar-refractivity contribution in [3.05, 3.63) is 60.7 Å². The Morgan fingerprint density at radius 3 is 1.04 bits per heavy atom. The van der Waals surface area contributed by atoms with E-state index in [1.807, 2.05) is 0 Å². The molecule has 0 unspecified atom stereocenters. The van der Waals surface area contributed by atoms with Crippen LogP contribution >= 0.6 is 0 Å². The summed E-state index contributed by atoms with van der Waals surface area (Å²) in [7, 11) is 1.00. The number of unbranched alkanes of at least 4 members (excludes halogenated alkanes) is 1. The van der Waals surface area contributed by atoms with Gasteiger partial charge >= 0.3 is 0 Å². The molecule has 1 nitrogen and oxygen atoms in total. The average molecular weight is 308 g/mol. The van der Waals surface area contributed by atoms with Gasteiger partial charge in [-0.25, -0.2) is 0 Å². The molecule has 23 heavy (non-hydrogen) atoms. The molecule has 0 atom stereocenters. The lowest BCUT2D eigenvalue weighted by Crippen LogP contribution is -1.82. The molecule has 0 aromatic heterocycles. The van der Waals surface area contributed by atoms with Crippen molar-refractivity contribution >= 4 is 32.3 Å². The second kappa shape index (κ2) is 9.12. The number of aliphatic hydroxyl groups excluding tert-OH is 1. The van der Waals surface area contributed by atoms with Crippen LogP contribution in [0, 0.1) is 0 Å². The van der Waals surface area contributed by atoms with Crippen molar-refractivity contribution in [2.24, 2.45) is 0 Å². The highest BCUT2D eigenvalue weighted by Gasteiger charge is 2.05. The van der Waals surface area contributed by atoms with Crippen LogP contribution in [0.2, 0.25) is 0 Å². The van der Waals surface area contributed by atoms with E-state index in [1.54, 1.807) is 0 Å². The average Bonchev–Trinajstić information content (AvgIpc) is 2.62. The molecule has 0 heterocycles. The van der Waals surface area contributed by atoms with E-state index in [4.69, 9.17) is 5.11 Å². The van der Waals surface area contributed by atoms with Crippen LogP contribution in [0.1, 0.15) is 34.1 Å². The Morgan fingerprint density at radius 1 is 0.565 bits per heavy atom. The van der Waals surface area contributed by atoms with E-state index in [1.165, 1.54) is 45.2 Å².